The predicted octanol–water partition coefficient (Wildman–Crippen LogP) is 2.77. The van der Waals surface area contributed by atoms with Crippen molar-refractivity contribution in [2.75, 3.05) is 37.6 Å². The number of aryl methyl sites for hydroxylation is 1. The Morgan fingerprint density at radius 2 is 2.04 bits per heavy atom. The first-order chi connectivity index (χ1) is 13.2. The Hall–Kier alpha value is -1.69. The maximum absolute atomic E-state index is 12.5. The molecule has 2 aliphatic rings. The molecule has 6 heteroatoms. The van der Waals surface area contributed by atoms with Gasteiger partial charge >= 0.3 is 0 Å². The van der Waals surface area contributed by atoms with Crippen molar-refractivity contribution < 1.29 is 4.79 Å². The monoisotopic (exact) mass is 373 g/mol. The van der Waals surface area contributed by atoms with Crippen LogP contribution < -0.4 is 10.2 Å². The van der Waals surface area contributed by atoms with Crippen molar-refractivity contribution in [1.29, 1.82) is 0 Å². The molecular weight excluding hydrogens is 338 g/mol. The molecule has 1 aromatic heterocycles. The van der Waals surface area contributed by atoms with Crippen LogP contribution in [0.25, 0.3) is 0 Å². The number of rotatable bonds is 7. The highest BCUT2D eigenvalue weighted by molar-refractivity contribution is 5.78. The number of hydrogen-bond donors (Lipinski definition) is 1. The van der Waals surface area contributed by atoms with Crippen molar-refractivity contribution in [1.82, 2.24) is 20.2 Å². The molecule has 1 N–H and O–H groups in total. The second-order valence-corrected chi connectivity index (χ2v) is 8.00. The highest BCUT2D eigenvalue weighted by Gasteiger charge is 2.26. The van der Waals surface area contributed by atoms with Gasteiger partial charge in [0.1, 0.15) is 0 Å². The summed E-state index contributed by atoms with van der Waals surface area (Å²) in [6.07, 6.45) is 9.91. The van der Waals surface area contributed by atoms with Gasteiger partial charge in [0.25, 0.3) is 0 Å². The second kappa shape index (κ2) is 10.0. The van der Waals surface area contributed by atoms with Crippen LogP contribution in [0.4, 0.5) is 5.95 Å². The number of amides is 1. The number of anilines is 1. The largest absolute Gasteiger partial charge is 0.356 e. The van der Waals surface area contributed by atoms with Gasteiger partial charge in [-0.15, -0.1) is 0 Å². The van der Waals surface area contributed by atoms with E-state index in [4.69, 9.17) is 0 Å². The maximum atomic E-state index is 12.5. The Balaban J connectivity index is 1.35. The fourth-order valence-corrected chi connectivity index (χ4v) is 4.38. The van der Waals surface area contributed by atoms with E-state index in [2.05, 4.69) is 32.0 Å². The maximum Gasteiger partial charge on any atom is 0.225 e. The number of carbonyl (C=O) groups excluding carboxylic acids is 1. The number of hydrogen-bond acceptors (Lipinski definition) is 5. The van der Waals surface area contributed by atoms with E-state index in [0.29, 0.717) is 0 Å². The van der Waals surface area contributed by atoms with Gasteiger partial charge in [-0.3, -0.25) is 4.79 Å². The van der Waals surface area contributed by atoms with Gasteiger partial charge in [-0.1, -0.05) is 13.3 Å². The molecule has 1 unspecified atom stereocenters. The lowest BCUT2D eigenvalue weighted by Gasteiger charge is -2.35. The smallest absolute Gasteiger partial charge is 0.225 e. The van der Waals surface area contributed by atoms with Crippen molar-refractivity contribution in [3.63, 3.8) is 0 Å². The Morgan fingerprint density at radius 1 is 1.22 bits per heavy atom. The van der Waals surface area contributed by atoms with Gasteiger partial charge < -0.3 is 15.1 Å². The quantitative estimate of drug-likeness (QED) is 0.745. The van der Waals surface area contributed by atoms with Crippen molar-refractivity contribution in [2.24, 2.45) is 5.92 Å². The van der Waals surface area contributed by atoms with E-state index >= 15 is 0 Å². The zero-order valence-corrected chi connectivity index (χ0v) is 17.0. The van der Waals surface area contributed by atoms with Gasteiger partial charge in [0, 0.05) is 50.0 Å². The summed E-state index contributed by atoms with van der Waals surface area (Å²) < 4.78 is 0. The molecule has 0 aromatic carbocycles. The van der Waals surface area contributed by atoms with Crippen LogP contribution in [-0.4, -0.2) is 59.5 Å². The fourth-order valence-electron chi connectivity index (χ4n) is 4.38. The molecule has 150 valence electrons. The standard InChI is InChI=1S/C21H35N5O/c1-3-19-7-4-5-13-25(19)14-6-11-22-20(27)18-9-15-26(16-10-18)21-23-12-8-17(2)24-21/h8,12,18-19H,3-7,9-11,13-16H2,1-2H3,(H,22,27). The van der Waals surface area contributed by atoms with Crippen LogP contribution in [0.1, 0.15) is 57.6 Å². The summed E-state index contributed by atoms with van der Waals surface area (Å²) in [5, 5.41) is 3.17. The van der Waals surface area contributed by atoms with Crippen LogP contribution in [-0.2, 0) is 4.79 Å². The molecule has 3 heterocycles. The van der Waals surface area contributed by atoms with Gasteiger partial charge in [-0.2, -0.15) is 0 Å². The Labute approximate surface area is 163 Å². The van der Waals surface area contributed by atoms with E-state index in [1.54, 1.807) is 0 Å². The minimum Gasteiger partial charge on any atom is -0.356 e. The summed E-state index contributed by atoms with van der Waals surface area (Å²) in [4.78, 5) is 26.2. The number of nitrogens with one attached hydrogen (secondary N) is 1. The molecular formula is C21H35N5O. The molecule has 2 saturated heterocycles. The topological polar surface area (TPSA) is 61.4 Å². The zero-order chi connectivity index (χ0) is 19.1. The first-order valence-electron chi connectivity index (χ1n) is 10.7. The average molecular weight is 374 g/mol. The number of carbonyl (C=O) groups is 1. The second-order valence-electron chi connectivity index (χ2n) is 8.00. The molecule has 1 amide bonds. The minimum absolute atomic E-state index is 0.129. The Morgan fingerprint density at radius 3 is 2.78 bits per heavy atom. The normalized spacial score (nSPS) is 22.0. The minimum atomic E-state index is 0.129. The molecule has 27 heavy (non-hydrogen) atoms. The number of piperidine rings is 2. The average Bonchev–Trinajstić information content (AvgIpc) is 2.71. The third-order valence-electron chi connectivity index (χ3n) is 6.07. The molecule has 6 nitrogen and oxygen atoms in total. The van der Waals surface area contributed by atoms with Gasteiger partial charge in [0.05, 0.1) is 0 Å². The summed E-state index contributed by atoms with van der Waals surface area (Å²) in [5.41, 5.74) is 0.985. The Kier molecular flexibility index (Phi) is 7.44. The van der Waals surface area contributed by atoms with Crippen molar-refractivity contribution in [3.05, 3.63) is 18.0 Å². The number of likely N-dealkylation sites (tertiary alicyclic amines) is 1. The van der Waals surface area contributed by atoms with Crippen LogP contribution in [0.2, 0.25) is 0 Å². The summed E-state index contributed by atoms with van der Waals surface area (Å²) in [5.74, 6) is 1.15. The molecule has 2 aliphatic heterocycles. The molecule has 0 radical (unpaired) electrons. The molecule has 0 spiro atoms. The van der Waals surface area contributed by atoms with E-state index < -0.39 is 0 Å². The van der Waals surface area contributed by atoms with Crippen LogP contribution in [0.15, 0.2) is 12.3 Å². The van der Waals surface area contributed by atoms with Gasteiger partial charge in [-0.05, 0) is 58.1 Å². The predicted molar refractivity (Wildman–Crippen MR) is 109 cm³/mol. The summed E-state index contributed by atoms with van der Waals surface area (Å²) in [6, 6.07) is 2.67. The molecule has 1 aromatic rings. The van der Waals surface area contributed by atoms with E-state index in [0.717, 1.165) is 63.1 Å². The lowest BCUT2D eigenvalue weighted by molar-refractivity contribution is -0.125. The van der Waals surface area contributed by atoms with Crippen LogP contribution in [0.5, 0.6) is 0 Å². The van der Waals surface area contributed by atoms with Gasteiger partial charge in [0.2, 0.25) is 11.9 Å². The highest BCUT2D eigenvalue weighted by Crippen LogP contribution is 2.21. The number of aromatic nitrogens is 2. The molecule has 1 atom stereocenters. The zero-order valence-electron chi connectivity index (χ0n) is 17.0. The summed E-state index contributed by atoms with van der Waals surface area (Å²) in [7, 11) is 0. The van der Waals surface area contributed by atoms with Gasteiger partial charge in [0.15, 0.2) is 0 Å². The first-order valence-corrected chi connectivity index (χ1v) is 10.7. The molecule has 3 rings (SSSR count). The first kappa shape index (κ1) is 20.1. The SMILES string of the molecule is CCC1CCCCN1CCCNC(=O)C1CCN(c2nccc(C)n2)CC1. The molecule has 0 aliphatic carbocycles. The molecule has 2 fully saturated rings. The Bertz CT molecular complexity index is 600. The van der Waals surface area contributed by atoms with Crippen molar-refractivity contribution in [3.8, 4) is 0 Å². The van der Waals surface area contributed by atoms with Gasteiger partial charge in [-0.25, -0.2) is 9.97 Å². The lowest BCUT2D eigenvalue weighted by atomic mass is 9.96. The fraction of sp³-hybridized carbons (Fsp3) is 0.762. The lowest BCUT2D eigenvalue weighted by Crippen LogP contribution is -2.43. The van der Waals surface area contributed by atoms with Crippen molar-refractivity contribution >= 4 is 11.9 Å². The molecule has 0 bridgehead atoms. The van der Waals surface area contributed by atoms with E-state index in [1.807, 2.05) is 19.2 Å². The van der Waals surface area contributed by atoms with Crippen molar-refractivity contribution in [2.45, 2.75) is 64.8 Å². The summed E-state index contributed by atoms with van der Waals surface area (Å²) >= 11 is 0. The van der Waals surface area contributed by atoms with Crippen LogP contribution >= 0.6 is 0 Å². The molecule has 0 saturated carbocycles. The van der Waals surface area contributed by atoms with E-state index in [-0.39, 0.29) is 11.8 Å². The van der Waals surface area contributed by atoms with E-state index in [1.165, 1.54) is 32.2 Å². The van der Waals surface area contributed by atoms with Crippen LogP contribution in [0.3, 0.4) is 0 Å². The summed E-state index contributed by atoms with van der Waals surface area (Å²) in [6.45, 7) is 9.12. The third-order valence-corrected chi connectivity index (χ3v) is 6.07. The highest BCUT2D eigenvalue weighted by atomic mass is 16.1. The van der Waals surface area contributed by atoms with Crippen LogP contribution in [0, 0.1) is 12.8 Å². The third kappa shape index (κ3) is 5.64. The number of nitrogens with zero attached hydrogens (tertiary/aromatic N) is 4. The van der Waals surface area contributed by atoms with E-state index in [9.17, 15) is 4.79 Å².